The Kier molecular flexibility index (Phi) is 3.39. The number of piperidine rings is 1. The molecule has 0 saturated carbocycles. The average Bonchev–Trinajstić information content (AvgIpc) is 2.28. The van der Waals surface area contributed by atoms with Crippen molar-refractivity contribution in [3.63, 3.8) is 0 Å². The SMILES string of the molecule is CNc1cc(C)nc([C@@H]2CCCN(C)C2)n1. The summed E-state index contributed by atoms with van der Waals surface area (Å²) in [7, 11) is 4.07. The van der Waals surface area contributed by atoms with Crippen molar-refractivity contribution >= 4 is 5.82 Å². The molecule has 0 bridgehead atoms. The van der Waals surface area contributed by atoms with Crippen molar-refractivity contribution in [1.82, 2.24) is 14.9 Å². The number of likely N-dealkylation sites (N-methyl/N-ethyl adjacent to an activating group) is 1. The lowest BCUT2D eigenvalue weighted by Gasteiger charge is -2.28. The zero-order valence-electron chi connectivity index (χ0n) is 10.3. The van der Waals surface area contributed by atoms with Crippen molar-refractivity contribution in [3.8, 4) is 0 Å². The van der Waals surface area contributed by atoms with Crippen molar-refractivity contribution in [3.05, 3.63) is 17.6 Å². The summed E-state index contributed by atoms with van der Waals surface area (Å²) < 4.78 is 0. The number of likely N-dealkylation sites (tertiary alicyclic amines) is 1. The summed E-state index contributed by atoms with van der Waals surface area (Å²) in [6, 6.07) is 1.98. The molecule has 1 aromatic rings. The lowest BCUT2D eigenvalue weighted by Crippen LogP contribution is -2.31. The molecule has 0 radical (unpaired) electrons. The Hall–Kier alpha value is -1.16. The highest BCUT2D eigenvalue weighted by atomic mass is 15.1. The smallest absolute Gasteiger partial charge is 0.135 e. The number of aryl methyl sites for hydroxylation is 1. The van der Waals surface area contributed by atoms with Gasteiger partial charge in [0.25, 0.3) is 0 Å². The quantitative estimate of drug-likeness (QED) is 0.822. The molecule has 2 heterocycles. The first-order valence-corrected chi connectivity index (χ1v) is 5.91. The summed E-state index contributed by atoms with van der Waals surface area (Å²) in [5.41, 5.74) is 1.04. The van der Waals surface area contributed by atoms with E-state index in [0.29, 0.717) is 5.92 Å². The van der Waals surface area contributed by atoms with Crippen LogP contribution in [0, 0.1) is 6.92 Å². The molecule has 4 heteroatoms. The van der Waals surface area contributed by atoms with Crippen LogP contribution in [-0.4, -0.2) is 42.1 Å². The maximum atomic E-state index is 4.56. The molecule has 1 aliphatic heterocycles. The van der Waals surface area contributed by atoms with Gasteiger partial charge < -0.3 is 10.2 Å². The van der Waals surface area contributed by atoms with Gasteiger partial charge in [0.2, 0.25) is 0 Å². The van der Waals surface area contributed by atoms with Crippen LogP contribution in [0.15, 0.2) is 6.07 Å². The summed E-state index contributed by atoms with van der Waals surface area (Å²) in [5, 5.41) is 3.09. The molecule has 16 heavy (non-hydrogen) atoms. The fraction of sp³-hybridized carbons (Fsp3) is 0.667. The molecular weight excluding hydrogens is 200 g/mol. The van der Waals surface area contributed by atoms with Gasteiger partial charge in [0, 0.05) is 31.3 Å². The number of hydrogen-bond acceptors (Lipinski definition) is 4. The second-order valence-electron chi connectivity index (χ2n) is 4.60. The van der Waals surface area contributed by atoms with Gasteiger partial charge in [0.05, 0.1) is 0 Å². The van der Waals surface area contributed by atoms with E-state index in [4.69, 9.17) is 0 Å². The second kappa shape index (κ2) is 4.78. The predicted molar refractivity (Wildman–Crippen MR) is 65.8 cm³/mol. The zero-order valence-corrected chi connectivity index (χ0v) is 10.3. The standard InChI is InChI=1S/C12H20N4/c1-9-7-11(13-2)15-12(14-9)10-5-4-6-16(3)8-10/h7,10H,4-6,8H2,1-3H3,(H,13,14,15)/t10-/m1/s1. The molecule has 0 aliphatic carbocycles. The van der Waals surface area contributed by atoms with Gasteiger partial charge in [-0.3, -0.25) is 0 Å². The summed E-state index contributed by atoms with van der Waals surface area (Å²) in [4.78, 5) is 11.5. The van der Waals surface area contributed by atoms with Gasteiger partial charge in [-0.1, -0.05) is 0 Å². The first-order chi connectivity index (χ1) is 7.69. The Morgan fingerprint density at radius 1 is 1.44 bits per heavy atom. The van der Waals surface area contributed by atoms with Crippen LogP contribution in [0.5, 0.6) is 0 Å². The van der Waals surface area contributed by atoms with Crippen LogP contribution in [0.25, 0.3) is 0 Å². The molecule has 1 aliphatic rings. The summed E-state index contributed by atoms with van der Waals surface area (Å²) in [6.07, 6.45) is 2.45. The van der Waals surface area contributed by atoms with Crippen molar-refractivity contribution < 1.29 is 0 Å². The Morgan fingerprint density at radius 2 is 2.25 bits per heavy atom. The third-order valence-electron chi connectivity index (χ3n) is 3.12. The first-order valence-electron chi connectivity index (χ1n) is 5.91. The van der Waals surface area contributed by atoms with Gasteiger partial charge in [0.1, 0.15) is 11.6 Å². The molecule has 1 N–H and O–H groups in total. The van der Waals surface area contributed by atoms with Crippen LogP contribution >= 0.6 is 0 Å². The number of anilines is 1. The van der Waals surface area contributed by atoms with E-state index in [9.17, 15) is 0 Å². The monoisotopic (exact) mass is 220 g/mol. The summed E-state index contributed by atoms with van der Waals surface area (Å²) in [6.45, 7) is 4.30. The minimum atomic E-state index is 0.491. The van der Waals surface area contributed by atoms with Crippen LogP contribution in [0.4, 0.5) is 5.82 Å². The van der Waals surface area contributed by atoms with Crippen molar-refractivity contribution in [1.29, 1.82) is 0 Å². The number of nitrogens with zero attached hydrogens (tertiary/aromatic N) is 3. The zero-order chi connectivity index (χ0) is 11.5. The van der Waals surface area contributed by atoms with Gasteiger partial charge in [-0.25, -0.2) is 9.97 Å². The van der Waals surface area contributed by atoms with E-state index in [0.717, 1.165) is 23.9 Å². The first kappa shape index (κ1) is 11.3. The third-order valence-corrected chi connectivity index (χ3v) is 3.12. The fourth-order valence-corrected chi connectivity index (χ4v) is 2.28. The molecule has 0 aromatic carbocycles. The van der Waals surface area contributed by atoms with E-state index in [1.54, 1.807) is 0 Å². The maximum absolute atomic E-state index is 4.56. The van der Waals surface area contributed by atoms with E-state index in [1.165, 1.54) is 19.4 Å². The van der Waals surface area contributed by atoms with E-state index in [2.05, 4.69) is 27.2 Å². The fourth-order valence-electron chi connectivity index (χ4n) is 2.28. The molecule has 88 valence electrons. The van der Waals surface area contributed by atoms with Crippen LogP contribution in [0.3, 0.4) is 0 Å². The van der Waals surface area contributed by atoms with Gasteiger partial charge in [0.15, 0.2) is 0 Å². The highest BCUT2D eigenvalue weighted by Gasteiger charge is 2.21. The van der Waals surface area contributed by atoms with E-state index in [-0.39, 0.29) is 0 Å². The third kappa shape index (κ3) is 2.50. The molecule has 0 unspecified atom stereocenters. The van der Waals surface area contributed by atoms with Crippen LogP contribution in [-0.2, 0) is 0 Å². The lowest BCUT2D eigenvalue weighted by atomic mass is 9.97. The molecule has 1 fully saturated rings. The van der Waals surface area contributed by atoms with Crippen LogP contribution in [0.2, 0.25) is 0 Å². The lowest BCUT2D eigenvalue weighted by molar-refractivity contribution is 0.246. The summed E-state index contributed by atoms with van der Waals surface area (Å²) in [5.74, 6) is 2.41. The molecular formula is C12H20N4. The number of nitrogens with one attached hydrogen (secondary N) is 1. The number of aromatic nitrogens is 2. The Morgan fingerprint density at radius 3 is 2.94 bits per heavy atom. The molecule has 1 saturated heterocycles. The topological polar surface area (TPSA) is 41.1 Å². The normalized spacial score (nSPS) is 22.1. The summed E-state index contributed by atoms with van der Waals surface area (Å²) >= 11 is 0. The highest BCUT2D eigenvalue weighted by Crippen LogP contribution is 2.24. The van der Waals surface area contributed by atoms with Crippen LogP contribution < -0.4 is 5.32 Å². The highest BCUT2D eigenvalue weighted by molar-refractivity contribution is 5.35. The molecule has 2 rings (SSSR count). The molecule has 4 nitrogen and oxygen atoms in total. The van der Waals surface area contributed by atoms with Gasteiger partial charge >= 0.3 is 0 Å². The predicted octanol–water partition coefficient (Wildman–Crippen LogP) is 1.64. The minimum absolute atomic E-state index is 0.491. The van der Waals surface area contributed by atoms with Crippen molar-refractivity contribution in [2.45, 2.75) is 25.7 Å². The van der Waals surface area contributed by atoms with Crippen LogP contribution in [0.1, 0.15) is 30.3 Å². The minimum Gasteiger partial charge on any atom is -0.373 e. The number of hydrogen-bond donors (Lipinski definition) is 1. The Bertz CT molecular complexity index is 364. The van der Waals surface area contributed by atoms with Gasteiger partial charge in [-0.15, -0.1) is 0 Å². The van der Waals surface area contributed by atoms with Gasteiger partial charge in [-0.05, 0) is 33.4 Å². The number of rotatable bonds is 2. The Labute approximate surface area is 97.1 Å². The molecule has 1 atom stereocenters. The molecule has 0 amide bonds. The van der Waals surface area contributed by atoms with E-state index in [1.807, 2.05) is 20.0 Å². The van der Waals surface area contributed by atoms with Crippen molar-refractivity contribution in [2.75, 3.05) is 32.5 Å². The average molecular weight is 220 g/mol. The maximum Gasteiger partial charge on any atom is 0.135 e. The molecule has 1 aromatic heterocycles. The second-order valence-corrected chi connectivity index (χ2v) is 4.60. The Balaban J connectivity index is 2.21. The van der Waals surface area contributed by atoms with Gasteiger partial charge in [-0.2, -0.15) is 0 Å². The van der Waals surface area contributed by atoms with E-state index < -0.39 is 0 Å². The largest absolute Gasteiger partial charge is 0.373 e. The van der Waals surface area contributed by atoms with Crippen molar-refractivity contribution in [2.24, 2.45) is 0 Å². The van der Waals surface area contributed by atoms with E-state index >= 15 is 0 Å². The molecule has 0 spiro atoms.